The van der Waals surface area contributed by atoms with Crippen molar-refractivity contribution in [2.24, 2.45) is 0 Å². The summed E-state index contributed by atoms with van der Waals surface area (Å²) in [5.41, 5.74) is -2.38. The van der Waals surface area contributed by atoms with Crippen molar-refractivity contribution < 1.29 is 35.2 Å². The molecule has 2 aliphatic heterocycles. The number of urea groups is 1. The van der Waals surface area contributed by atoms with Gasteiger partial charge in [0.2, 0.25) is 5.67 Å². The van der Waals surface area contributed by atoms with Crippen LogP contribution in [0.25, 0.3) is 0 Å². The molecular formula is C28H31F5N2O3S. The Morgan fingerprint density at radius 2 is 1.72 bits per heavy atom. The molecule has 3 aliphatic rings. The number of nitrogens with zero attached hydrogens (tertiary/aromatic N) is 1. The zero-order valence-electron chi connectivity index (χ0n) is 21.5. The van der Waals surface area contributed by atoms with E-state index in [-0.39, 0.29) is 29.6 Å². The number of hydrogen-bond acceptors (Lipinski definition) is 3. The van der Waals surface area contributed by atoms with Gasteiger partial charge in [0.1, 0.15) is 15.7 Å². The lowest BCUT2D eigenvalue weighted by Crippen LogP contribution is -2.54. The van der Waals surface area contributed by atoms with Crippen LogP contribution in [0.5, 0.6) is 0 Å². The number of carbonyl (C=O) groups excluding carboxylic acids is 1. The van der Waals surface area contributed by atoms with Crippen LogP contribution in [0.2, 0.25) is 0 Å². The molecule has 212 valence electrons. The molecule has 2 fully saturated rings. The highest BCUT2D eigenvalue weighted by molar-refractivity contribution is 7.91. The fourth-order valence-corrected chi connectivity index (χ4v) is 8.02. The molecule has 0 aromatic heterocycles. The van der Waals surface area contributed by atoms with Crippen LogP contribution in [-0.4, -0.2) is 55.7 Å². The van der Waals surface area contributed by atoms with Gasteiger partial charge in [0.05, 0.1) is 11.5 Å². The van der Waals surface area contributed by atoms with Crippen LogP contribution in [0.4, 0.5) is 26.7 Å². The van der Waals surface area contributed by atoms with Gasteiger partial charge in [-0.05, 0) is 79.8 Å². The van der Waals surface area contributed by atoms with Crippen molar-refractivity contribution in [1.29, 1.82) is 0 Å². The number of carbonyl (C=O) groups is 1. The van der Waals surface area contributed by atoms with Gasteiger partial charge in [-0.2, -0.15) is 13.2 Å². The Bertz CT molecular complexity index is 1350. The van der Waals surface area contributed by atoms with Crippen molar-refractivity contribution in [3.63, 3.8) is 0 Å². The largest absolute Gasteiger partial charge is 0.426 e. The van der Waals surface area contributed by atoms with E-state index in [4.69, 9.17) is 0 Å². The third-order valence-electron chi connectivity index (χ3n) is 8.79. The second kappa shape index (κ2) is 9.74. The SMILES string of the molecule is CC(F)(c1ccc2c(c1)CC[C@H]1N(C(=O)NC3CCS(=O)(=O)CC3)CC[C@@]21Cc1ccc(F)cc1)C(F)(F)F. The fraction of sp³-hybridized carbons (Fsp3) is 0.536. The molecule has 0 spiro atoms. The molecule has 2 saturated heterocycles. The molecule has 0 saturated carbocycles. The first-order chi connectivity index (χ1) is 18.2. The summed E-state index contributed by atoms with van der Waals surface area (Å²) < 4.78 is 92.4. The van der Waals surface area contributed by atoms with Gasteiger partial charge in [-0.3, -0.25) is 0 Å². The van der Waals surface area contributed by atoms with Crippen LogP contribution in [0.1, 0.15) is 54.9 Å². The maximum absolute atomic E-state index is 14.8. The van der Waals surface area contributed by atoms with E-state index in [1.54, 1.807) is 23.1 Å². The Hall–Kier alpha value is -2.69. The molecule has 0 radical (unpaired) electrons. The third kappa shape index (κ3) is 5.14. The van der Waals surface area contributed by atoms with Crippen LogP contribution in [0, 0.1) is 5.82 Å². The predicted octanol–water partition coefficient (Wildman–Crippen LogP) is 5.36. The maximum Gasteiger partial charge on any atom is 0.426 e. The summed E-state index contributed by atoms with van der Waals surface area (Å²) in [7, 11) is -3.08. The normalized spacial score (nSPS) is 26.4. The Morgan fingerprint density at radius 1 is 1.05 bits per heavy atom. The highest BCUT2D eigenvalue weighted by Gasteiger charge is 2.55. The molecule has 1 unspecified atom stereocenters. The Morgan fingerprint density at radius 3 is 2.36 bits per heavy atom. The van der Waals surface area contributed by atoms with Crippen LogP contribution in [0.3, 0.4) is 0 Å². The monoisotopic (exact) mass is 570 g/mol. The summed E-state index contributed by atoms with van der Waals surface area (Å²) in [4.78, 5) is 15.2. The fourth-order valence-electron chi connectivity index (χ4n) is 6.52. The van der Waals surface area contributed by atoms with E-state index in [1.165, 1.54) is 24.3 Å². The lowest BCUT2D eigenvalue weighted by Gasteiger charge is -2.44. The summed E-state index contributed by atoms with van der Waals surface area (Å²) >= 11 is 0. The first-order valence-corrected chi connectivity index (χ1v) is 15.0. The van der Waals surface area contributed by atoms with Gasteiger partial charge in [0.25, 0.3) is 0 Å². The molecule has 2 amide bonds. The van der Waals surface area contributed by atoms with Gasteiger partial charge in [0.15, 0.2) is 0 Å². The van der Waals surface area contributed by atoms with E-state index in [0.29, 0.717) is 57.6 Å². The average molecular weight is 571 g/mol. The van der Waals surface area contributed by atoms with Crippen LogP contribution in [0.15, 0.2) is 42.5 Å². The van der Waals surface area contributed by atoms with Crippen LogP contribution < -0.4 is 5.32 Å². The van der Waals surface area contributed by atoms with Crippen molar-refractivity contribution in [2.75, 3.05) is 18.1 Å². The number of amides is 2. The molecule has 2 aromatic rings. The van der Waals surface area contributed by atoms with Gasteiger partial charge in [-0.15, -0.1) is 0 Å². The number of alkyl halides is 4. The standard InChI is InChI=1S/C28H31F5N2O3S/c1-26(30,28(31,32)33)20-5-8-23-19(16-20)4-9-24-27(23,17-18-2-6-21(29)7-3-18)12-13-35(24)25(36)34-22-10-14-39(37,38)15-11-22/h2-3,5-8,16,22,24H,4,9-15,17H2,1H3,(H,34,36)/t24-,26?,27-/m1/s1. The zero-order valence-corrected chi connectivity index (χ0v) is 22.3. The average Bonchev–Trinajstić information content (AvgIpc) is 3.25. The molecule has 5 rings (SSSR count). The molecule has 1 aliphatic carbocycles. The Kier molecular flexibility index (Phi) is 6.96. The highest BCUT2D eigenvalue weighted by atomic mass is 32.2. The van der Waals surface area contributed by atoms with E-state index < -0.39 is 38.5 Å². The third-order valence-corrected chi connectivity index (χ3v) is 10.5. The van der Waals surface area contributed by atoms with Crippen molar-refractivity contribution in [3.8, 4) is 0 Å². The van der Waals surface area contributed by atoms with Gasteiger partial charge in [-0.25, -0.2) is 22.0 Å². The summed E-state index contributed by atoms with van der Waals surface area (Å²) in [6, 6.07) is 9.25. The van der Waals surface area contributed by atoms with Crippen molar-refractivity contribution >= 4 is 15.9 Å². The molecule has 1 N–H and O–H groups in total. The quantitative estimate of drug-likeness (QED) is 0.504. The van der Waals surface area contributed by atoms with E-state index in [1.807, 2.05) is 0 Å². The minimum absolute atomic E-state index is 0.0248. The minimum Gasteiger partial charge on any atom is -0.335 e. The Balaban J connectivity index is 1.48. The topological polar surface area (TPSA) is 66.5 Å². The van der Waals surface area contributed by atoms with Crippen LogP contribution >= 0.6 is 0 Å². The molecule has 3 atom stereocenters. The maximum atomic E-state index is 14.8. The first kappa shape index (κ1) is 27.9. The smallest absolute Gasteiger partial charge is 0.335 e. The molecule has 5 nitrogen and oxygen atoms in total. The molecule has 2 heterocycles. The number of halogens is 5. The summed E-state index contributed by atoms with van der Waals surface area (Å²) in [5, 5.41) is 2.99. The van der Waals surface area contributed by atoms with E-state index in [0.717, 1.165) is 11.1 Å². The van der Waals surface area contributed by atoms with Crippen molar-refractivity contribution in [1.82, 2.24) is 10.2 Å². The predicted molar refractivity (Wildman–Crippen MR) is 136 cm³/mol. The van der Waals surface area contributed by atoms with Crippen LogP contribution in [-0.2, 0) is 33.8 Å². The van der Waals surface area contributed by atoms with Gasteiger partial charge < -0.3 is 10.2 Å². The molecule has 0 bridgehead atoms. The van der Waals surface area contributed by atoms with E-state index in [9.17, 15) is 35.2 Å². The summed E-state index contributed by atoms with van der Waals surface area (Å²) in [6.45, 7) is 0.917. The number of nitrogens with one attached hydrogen (secondary N) is 1. The molecule has 2 aromatic carbocycles. The summed E-state index contributed by atoms with van der Waals surface area (Å²) in [5.74, 6) is -0.341. The summed E-state index contributed by atoms with van der Waals surface area (Å²) in [6.07, 6.45) is -2.56. The Labute approximate surface area is 224 Å². The molecular weight excluding hydrogens is 539 g/mol. The van der Waals surface area contributed by atoms with Gasteiger partial charge in [-0.1, -0.05) is 30.3 Å². The number of sulfone groups is 1. The van der Waals surface area contributed by atoms with E-state index in [2.05, 4.69) is 5.32 Å². The number of fused-ring (bicyclic) bond motifs is 3. The van der Waals surface area contributed by atoms with Crippen molar-refractivity contribution in [2.45, 2.75) is 74.8 Å². The number of rotatable bonds is 4. The molecule has 39 heavy (non-hydrogen) atoms. The van der Waals surface area contributed by atoms with Crippen molar-refractivity contribution in [3.05, 3.63) is 70.5 Å². The second-order valence-electron chi connectivity index (χ2n) is 11.2. The first-order valence-electron chi connectivity index (χ1n) is 13.1. The van der Waals surface area contributed by atoms with Gasteiger partial charge in [0, 0.05) is 24.0 Å². The number of aryl methyl sites for hydroxylation is 1. The highest BCUT2D eigenvalue weighted by Crippen LogP contribution is 2.51. The lowest BCUT2D eigenvalue weighted by atomic mass is 9.63. The lowest BCUT2D eigenvalue weighted by molar-refractivity contribution is -0.228. The van der Waals surface area contributed by atoms with Gasteiger partial charge >= 0.3 is 12.2 Å². The number of benzene rings is 2. The van der Waals surface area contributed by atoms with E-state index >= 15 is 0 Å². The number of hydrogen-bond donors (Lipinski definition) is 1. The second-order valence-corrected chi connectivity index (χ2v) is 13.5. The molecule has 11 heteroatoms. The minimum atomic E-state index is -5.06. The zero-order chi connectivity index (χ0) is 28.2. The number of likely N-dealkylation sites (tertiary alicyclic amines) is 1.